The zero-order valence-electron chi connectivity index (χ0n) is 11.3. The predicted octanol–water partition coefficient (Wildman–Crippen LogP) is 1.11. The molecule has 5 nitrogen and oxygen atoms in total. The smallest absolute Gasteiger partial charge is 0.246 e. The Bertz CT molecular complexity index is 604. The number of halogens is 1. The van der Waals surface area contributed by atoms with Crippen molar-refractivity contribution in [3.05, 3.63) is 23.5 Å². The van der Waals surface area contributed by atoms with Crippen LogP contribution < -0.4 is 5.73 Å². The number of nitrogens with zero attached hydrogens (tertiary/aromatic N) is 1. The van der Waals surface area contributed by atoms with Gasteiger partial charge >= 0.3 is 0 Å². The molecule has 1 aliphatic heterocycles. The van der Waals surface area contributed by atoms with Crippen molar-refractivity contribution in [2.24, 2.45) is 5.92 Å². The number of rotatable bonds is 3. The van der Waals surface area contributed by atoms with Crippen LogP contribution in [0.25, 0.3) is 0 Å². The lowest BCUT2D eigenvalue weighted by Crippen LogP contribution is -2.41. The molecule has 1 aromatic carbocycles. The van der Waals surface area contributed by atoms with Crippen LogP contribution in [-0.2, 0) is 10.0 Å². The topological polar surface area (TPSA) is 83.6 Å². The van der Waals surface area contributed by atoms with Crippen LogP contribution >= 0.6 is 0 Å². The van der Waals surface area contributed by atoms with E-state index in [4.69, 9.17) is 5.73 Å². The molecule has 3 N–H and O–H groups in total. The van der Waals surface area contributed by atoms with E-state index in [2.05, 4.69) is 0 Å². The van der Waals surface area contributed by atoms with Crippen molar-refractivity contribution in [2.75, 3.05) is 25.4 Å². The molecule has 1 saturated heterocycles. The summed E-state index contributed by atoms with van der Waals surface area (Å²) < 4.78 is 40.4. The summed E-state index contributed by atoms with van der Waals surface area (Å²) in [5.74, 6) is -0.853. The standard InChI is InChI=1S/C13H19FN2O3S/c1-9-5-11(15)6-12(13(9)14)20(18,19)16-4-2-3-10(7-16)8-17/h5-6,10,17H,2-4,7-8,15H2,1H3. The molecule has 7 heteroatoms. The molecule has 0 radical (unpaired) electrons. The first kappa shape index (κ1) is 15.2. The molecule has 1 heterocycles. The molecule has 0 saturated carbocycles. The highest BCUT2D eigenvalue weighted by molar-refractivity contribution is 7.89. The third kappa shape index (κ3) is 2.79. The van der Waals surface area contributed by atoms with Crippen LogP contribution in [-0.4, -0.2) is 37.5 Å². The van der Waals surface area contributed by atoms with Gasteiger partial charge in [-0.3, -0.25) is 0 Å². The zero-order chi connectivity index (χ0) is 14.9. The van der Waals surface area contributed by atoms with E-state index in [0.29, 0.717) is 13.0 Å². The van der Waals surface area contributed by atoms with Crippen molar-refractivity contribution in [1.82, 2.24) is 4.31 Å². The number of aliphatic hydroxyl groups is 1. The van der Waals surface area contributed by atoms with Crippen LogP contribution in [0.15, 0.2) is 17.0 Å². The van der Waals surface area contributed by atoms with Crippen molar-refractivity contribution in [3.63, 3.8) is 0 Å². The zero-order valence-corrected chi connectivity index (χ0v) is 12.2. The Hall–Kier alpha value is -1.18. The lowest BCUT2D eigenvalue weighted by atomic mass is 10.0. The molecule has 1 aliphatic rings. The summed E-state index contributed by atoms with van der Waals surface area (Å²) in [5.41, 5.74) is 6.05. The first-order valence-corrected chi connectivity index (χ1v) is 7.97. The summed E-state index contributed by atoms with van der Waals surface area (Å²) in [6.07, 6.45) is 1.44. The van der Waals surface area contributed by atoms with Gasteiger partial charge in [0.05, 0.1) is 0 Å². The van der Waals surface area contributed by atoms with Crippen molar-refractivity contribution in [1.29, 1.82) is 0 Å². The molecule has 1 atom stereocenters. The predicted molar refractivity (Wildman–Crippen MR) is 74.1 cm³/mol. The number of hydrogen-bond donors (Lipinski definition) is 2. The maximum absolute atomic E-state index is 14.1. The summed E-state index contributed by atoms with van der Waals surface area (Å²) >= 11 is 0. The Morgan fingerprint density at radius 3 is 2.85 bits per heavy atom. The number of aryl methyl sites for hydroxylation is 1. The van der Waals surface area contributed by atoms with Gasteiger partial charge in [-0.1, -0.05) is 0 Å². The van der Waals surface area contributed by atoms with Gasteiger partial charge in [-0.25, -0.2) is 12.8 Å². The van der Waals surface area contributed by atoms with Gasteiger partial charge in [0.2, 0.25) is 10.0 Å². The molecule has 112 valence electrons. The molecule has 1 fully saturated rings. The number of nitrogens with two attached hydrogens (primary N) is 1. The molecule has 20 heavy (non-hydrogen) atoms. The monoisotopic (exact) mass is 302 g/mol. The van der Waals surface area contributed by atoms with Gasteiger partial charge in [-0.2, -0.15) is 4.31 Å². The number of aliphatic hydroxyl groups excluding tert-OH is 1. The molecule has 0 aliphatic carbocycles. The van der Waals surface area contributed by atoms with E-state index >= 15 is 0 Å². The van der Waals surface area contributed by atoms with E-state index in [9.17, 15) is 17.9 Å². The molecule has 0 bridgehead atoms. The number of sulfonamides is 1. The number of anilines is 1. The van der Waals surface area contributed by atoms with Gasteiger partial charge < -0.3 is 10.8 Å². The van der Waals surface area contributed by atoms with E-state index in [0.717, 1.165) is 12.5 Å². The summed E-state index contributed by atoms with van der Waals surface area (Å²) in [4.78, 5) is -0.381. The fourth-order valence-electron chi connectivity index (χ4n) is 2.49. The Balaban J connectivity index is 2.40. The Morgan fingerprint density at radius 1 is 1.50 bits per heavy atom. The van der Waals surface area contributed by atoms with Gasteiger partial charge in [-0.15, -0.1) is 0 Å². The third-order valence-electron chi connectivity index (χ3n) is 3.60. The van der Waals surface area contributed by atoms with Crippen molar-refractivity contribution < 1.29 is 17.9 Å². The maximum Gasteiger partial charge on any atom is 0.246 e. The minimum absolute atomic E-state index is 0.0650. The normalized spacial score (nSPS) is 21.1. The number of nitrogen functional groups attached to an aromatic ring is 1. The minimum atomic E-state index is -3.91. The number of hydrogen-bond acceptors (Lipinski definition) is 4. The van der Waals surface area contributed by atoms with Crippen LogP contribution in [0.3, 0.4) is 0 Å². The van der Waals surface area contributed by atoms with E-state index in [1.54, 1.807) is 0 Å². The maximum atomic E-state index is 14.1. The first-order valence-electron chi connectivity index (χ1n) is 6.53. The van der Waals surface area contributed by atoms with Crippen LogP contribution in [0.2, 0.25) is 0 Å². The van der Waals surface area contributed by atoms with Crippen LogP contribution in [0.5, 0.6) is 0 Å². The van der Waals surface area contributed by atoms with E-state index in [1.807, 2.05) is 0 Å². The van der Waals surface area contributed by atoms with Gasteiger partial charge in [0.25, 0.3) is 0 Å². The van der Waals surface area contributed by atoms with Gasteiger partial charge in [-0.05, 0) is 43.4 Å². The molecular weight excluding hydrogens is 283 g/mol. The first-order chi connectivity index (χ1) is 9.36. The fourth-order valence-corrected chi connectivity index (χ4v) is 4.21. The highest BCUT2D eigenvalue weighted by atomic mass is 32.2. The van der Waals surface area contributed by atoms with E-state index in [1.165, 1.54) is 17.3 Å². The minimum Gasteiger partial charge on any atom is -0.399 e. The van der Waals surface area contributed by atoms with Gasteiger partial charge in [0.1, 0.15) is 10.7 Å². The SMILES string of the molecule is Cc1cc(N)cc(S(=O)(=O)N2CCCC(CO)C2)c1F. The van der Waals surface area contributed by atoms with Crippen molar-refractivity contribution in [3.8, 4) is 0 Å². The summed E-state index contributed by atoms with van der Waals surface area (Å²) in [6.45, 7) is 1.97. The summed E-state index contributed by atoms with van der Waals surface area (Å²) in [7, 11) is -3.91. The molecule has 0 amide bonds. The second kappa shape index (κ2) is 5.67. The largest absolute Gasteiger partial charge is 0.399 e. The quantitative estimate of drug-likeness (QED) is 0.819. The van der Waals surface area contributed by atoms with Crippen molar-refractivity contribution in [2.45, 2.75) is 24.7 Å². The summed E-state index contributed by atoms with van der Waals surface area (Å²) in [6, 6.07) is 2.56. The van der Waals surface area contributed by atoms with E-state index < -0.39 is 15.8 Å². The molecule has 1 aromatic rings. The molecule has 0 spiro atoms. The number of piperidine rings is 1. The highest BCUT2D eigenvalue weighted by Gasteiger charge is 2.32. The fraction of sp³-hybridized carbons (Fsp3) is 0.538. The molecule has 0 aromatic heterocycles. The lowest BCUT2D eigenvalue weighted by molar-refractivity contribution is 0.165. The molecular formula is C13H19FN2O3S. The van der Waals surface area contributed by atoms with Crippen LogP contribution in [0, 0.1) is 18.7 Å². The second-order valence-electron chi connectivity index (χ2n) is 5.20. The third-order valence-corrected chi connectivity index (χ3v) is 5.47. The average Bonchev–Trinajstić information content (AvgIpc) is 2.42. The Labute approximate surface area is 118 Å². The summed E-state index contributed by atoms with van der Waals surface area (Å²) in [5, 5.41) is 9.17. The molecule has 1 unspecified atom stereocenters. The van der Waals surface area contributed by atoms with Crippen molar-refractivity contribution >= 4 is 15.7 Å². The average molecular weight is 302 g/mol. The number of benzene rings is 1. The van der Waals surface area contributed by atoms with Crippen LogP contribution in [0.4, 0.5) is 10.1 Å². The van der Waals surface area contributed by atoms with Gasteiger partial charge in [0.15, 0.2) is 0 Å². The lowest BCUT2D eigenvalue weighted by Gasteiger charge is -2.31. The Morgan fingerprint density at radius 2 is 2.20 bits per heavy atom. The van der Waals surface area contributed by atoms with E-state index in [-0.39, 0.29) is 35.2 Å². The Kier molecular flexibility index (Phi) is 4.31. The molecule has 2 rings (SSSR count). The highest BCUT2D eigenvalue weighted by Crippen LogP contribution is 2.28. The van der Waals surface area contributed by atoms with Gasteiger partial charge in [0, 0.05) is 25.4 Å². The van der Waals surface area contributed by atoms with Crippen LogP contribution in [0.1, 0.15) is 18.4 Å². The second-order valence-corrected chi connectivity index (χ2v) is 7.11.